The van der Waals surface area contributed by atoms with Gasteiger partial charge in [0.15, 0.2) is 6.61 Å². The van der Waals surface area contributed by atoms with E-state index >= 15 is 0 Å². The van der Waals surface area contributed by atoms with E-state index in [2.05, 4.69) is 5.32 Å². The fraction of sp³-hybridized carbons (Fsp3) is 0.500. The molecule has 0 aliphatic heterocycles. The zero-order valence-corrected chi connectivity index (χ0v) is 13.2. The van der Waals surface area contributed by atoms with Gasteiger partial charge in [-0.05, 0) is 43.4 Å². The Bertz CT molecular complexity index is 537. The summed E-state index contributed by atoms with van der Waals surface area (Å²) in [4.78, 5) is 22.9. The number of rotatable bonds is 6. The van der Waals surface area contributed by atoms with Crippen molar-refractivity contribution in [3.05, 3.63) is 28.8 Å². The summed E-state index contributed by atoms with van der Waals surface area (Å²) in [6, 6.07) is 3.03. The van der Waals surface area contributed by atoms with Crippen LogP contribution in [-0.2, 0) is 9.59 Å². The van der Waals surface area contributed by atoms with Crippen molar-refractivity contribution in [1.82, 2.24) is 5.32 Å². The molecule has 0 saturated carbocycles. The van der Waals surface area contributed by atoms with Crippen molar-refractivity contribution in [3.8, 4) is 5.75 Å². The first-order valence-electron chi connectivity index (χ1n) is 6.95. The maximum Gasteiger partial charge on any atom is 0.326 e. The van der Waals surface area contributed by atoms with E-state index in [1.807, 2.05) is 32.9 Å². The second-order valence-electron chi connectivity index (χ2n) is 5.57. The van der Waals surface area contributed by atoms with E-state index in [1.165, 1.54) is 0 Å². The van der Waals surface area contributed by atoms with Gasteiger partial charge in [-0.3, -0.25) is 4.79 Å². The average Bonchev–Trinajstić information content (AvgIpc) is 2.39. The highest BCUT2D eigenvalue weighted by Crippen LogP contribution is 2.25. The summed E-state index contributed by atoms with van der Waals surface area (Å²) in [6.45, 7) is 9.11. The second-order valence-corrected chi connectivity index (χ2v) is 5.57. The highest BCUT2D eigenvalue weighted by atomic mass is 16.5. The number of ether oxygens (including phenoxy) is 1. The highest BCUT2D eigenvalue weighted by Gasteiger charge is 2.23. The van der Waals surface area contributed by atoms with Gasteiger partial charge in [-0.15, -0.1) is 0 Å². The lowest BCUT2D eigenvalue weighted by Gasteiger charge is -2.19. The fourth-order valence-electron chi connectivity index (χ4n) is 2.01. The van der Waals surface area contributed by atoms with E-state index < -0.39 is 17.9 Å². The third kappa shape index (κ3) is 4.48. The van der Waals surface area contributed by atoms with Crippen LogP contribution in [-0.4, -0.2) is 29.6 Å². The number of nitrogens with one attached hydrogen (secondary N) is 1. The van der Waals surface area contributed by atoms with E-state index in [0.29, 0.717) is 5.75 Å². The number of benzene rings is 1. The van der Waals surface area contributed by atoms with Crippen molar-refractivity contribution in [2.75, 3.05) is 6.61 Å². The molecule has 1 amide bonds. The third-order valence-electron chi connectivity index (χ3n) is 3.47. The Morgan fingerprint density at radius 3 is 2.29 bits per heavy atom. The summed E-state index contributed by atoms with van der Waals surface area (Å²) >= 11 is 0. The Balaban J connectivity index is 2.70. The van der Waals surface area contributed by atoms with Gasteiger partial charge in [0.1, 0.15) is 11.8 Å². The lowest BCUT2D eigenvalue weighted by molar-refractivity contribution is -0.143. The van der Waals surface area contributed by atoms with E-state index in [-0.39, 0.29) is 12.5 Å². The Kier molecular flexibility index (Phi) is 5.76. The Morgan fingerprint density at radius 2 is 1.76 bits per heavy atom. The molecule has 5 heteroatoms. The molecular formula is C16H23NO4. The summed E-state index contributed by atoms with van der Waals surface area (Å²) in [5.41, 5.74) is 3.02. The molecule has 0 radical (unpaired) electrons. The maximum atomic E-state index is 11.8. The van der Waals surface area contributed by atoms with E-state index in [1.54, 1.807) is 13.8 Å². The van der Waals surface area contributed by atoms with Crippen molar-refractivity contribution in [1.29, 1.82) is 0 Å². The van der Waals surface area contributed by atoms with Gasteiger partial charge in [0.05, 0.1) is 0 Å². The molecule has 1 rings (SSSR count). The van der Waals surface area contributed by atoms with Crippen LogP contribution < -0.4 is 10.1 Å². The Labute approximate surface area is 125 Å². The number of carbonyl (C=O) groups is 2. The number of carbonyl (C=O) groups excluding carboxylic acids is 1. The number of carboxylic acid groups (broad SMARTS) is 1. The summed E-state index contributed by atoms with van der Waals surface area (Å²) in [7, 11) is 0. The van der Waals surface area contributed by atoms with E-state index in [9.17, 15) is 9.59 Å². The van der Waals surface area contributed by atoms with Crippen molar-refractivity contribution in [2.45, 2.75) is 40.7 Å². The van der Waals surface area contributed by atoms with Crippen LogP contribution in [0.4, 0.5) is 0 Å². The molecule has 1 atom stereocenters. The molecule has 0 spiro atoms. The molecule has 116 valence electrons. The van der Waals surface area contributed by atoms with Gasteiger partial charge in [0.25, 0.3) is 5.91 Å². The second kappa shape index (κ2) is 7.11. The Morgan fingerprint density at radius 1 is 1.19 bits per heavy atom. The van der Waals surface area contributed by atoms with Gasteiger partial charge < -0.3 is 15.2 Å². The van der Waals surface area contributed by atoms with Gasteiger partial charge in [0.2, 0.25) is 0 Å². The molecule has 2 N–H and O–H groups in total. The highest BCUT2D eigenvalue weighted by molar-refractivity contribution is 5.84. The first-order chi connectivity index (χ1) is 9.73. The van der Waals surface area contributed by atoms with Crippen molar-refractivity contribution in [2.24, 2.45) is 5.92 Å². The van der Waals surface area contributed by atoms with E-state index in [0.717, 1.165) is 16.7 Å². The first-order valence-corrected chi connectivity index (χ1v) is 6.95. The number of hydrogen-bond acceptors (Lipinski definition) is 3. The molecule has 5 nitrogen and oxygen atoms in total. The summed E-state index contributed by atoms with van der Waals surface area (Å²) in [5.74, 6) is -0.979. The Hall–Kier alpha value is -2.04. The molecule has 0 unspecified atom stereocenters. The minimum absolute atomic E-state index is 0.186. The van der Waals surface area contributed by atoms with E-state index in [4.69, 9.17) is 9.84 Å². The van der Waals surface area contributed by atoms with Crippen LogP contribution >= 0.6 is 0 Å². The minimum atomic E-state index is -1.04. The van der Waals surface area contributed by atoms with Gasteiger partial charge in [-0.25, -0.2) is 4.79 Å². The first kappa shape index (κ1) is 17.0. The lowest BCUT2D eigenvalue weighted by Crippen LogP contribution is -2.46. The van der Waals surface area contributed by atoms with Gasteiger partial charge in [-0.1, -0.05) is 26.0 Å². The van der Waals surface area contributed by atoms with Crippen molar-refractivity contribution >= 4 is 11.9 Å². The predicted molar refractivity (Wildman–Crippen MR) is 80.6 cm³/mol. The van der Waals surface area contributed by atoms with Crippen LogP contribution in [0.3, 0.4) is 0 Å². The van der Waals surface area contributed by atoms with Gasteiger partial charge >= 0.3 is 5.97 Å². The zero-order valence-electron chi connectivity index (χ0n) is 13.2. The molecule has 21 heavy (non-hydrogen) atoms. The molecule has 1 aromatic rings. The molecule has 0 aliphatic rings. The van der Waals surface area contributed by atoms with Crippen LogP contribution in [0.25, 0.3) is 0 Å². The molecule has 0 fully saturated rings. The number of aliphatic carboxylic acids is 1. The van der Waals surface area contributed by atoms with Crippen LogP contribution in [0.15, 0.2) is 12.1 Å². The van der Waals surface area contributed by atoms with Crippen LogP contribution in [0.1, 0.15) is 30.5 Å². The average molecular weight is 293 g/mol. The van der Waals surface area contributed by atoms with Crippen molar-refractivity contribution in [3.63, 3.8) is 0 Å². The number of carboxylic acids is 1. The molecular weight excluding hydrogens is 270 g/mol. The molecule has 0 aliphatic carbocycles. The molecule has 0 bridgehead atoms. The third-order valence-corrected chi connectivity index (χ3v) is 3.47. The number of hydrogen-bond donors (Lipinski definition) is 2. The molecule has 1 aromatic carbocycles. The minimum Gasteiger partial charge on any atom is -0.483 e. The summed E-state index contributed by atoms with van der Waals surface area (Å²) in [6.07, 6.45) is 0. The predicted octanol–water partition coefficient (Wildman–Crippen LogP) is 2.22. The SMILES string of the molecule is Cc1ccc(C)c(OCC(=O)N[C@H](C(=O)O)C(C)C)c1C. The lowest BCUT2D eigenvalue weighted by atomic mass is 10.0. The van der Waals surface area contributed by atoms with Gasteiger partial charge in [0, 0.05) is 0 Å². The summed E-state index contributed by atoms with van der Waals surface area (Å²) < 4.78 is 5.57. The topological polar surface area (TPSA) is 75.6 Å². The van der Waals surface area contributed by atoms with Crippen molar-refractivity contribution < 1.29 is 19.4 Å². The molecule has 0 heterocycles. The maximum absolute atomic E-state index is 11.8. The number of aryl methyl sites for hydroxylation is 2. The largest absolute Gasteiger partial charge is 0.483 e. The monoisotopic (exact) mass is 293 g/mol. The van der Waals surface area contributed by atoms with Gasteiger partial charge in [-0.2, -0.15) is 0 Å². The standard InChI is InChI=1S/C16H23NO4/c1-9(2)14(16(19)20)17-13(18)8-21-15-11(4)7-6-10(3)12(15)5/h6-7,9,14H,8H2,1-5H3,(H,17,18)(H,19,20)/t14-/m0/s1. The quantitative estimate of drug-likeness (QED) is 0.843. The van der Waals surface area contributed by atoms with Crippen LogP contribution in [0.5, 0.6) is 5.75 Å². The van der Waals surface area contributed by atoms with Crippen LogP contribution in [0, 0.1) is 26.7 Å². The fourth-order valence-corrected chi connectivity index (χ4v) is 2.01. The molecule has 0 aromatic heterocycles. The summed E-state index contributed by atoms with van der Waals surface area (Å²) in [5, 5.41) is 11.5. The normalized spacial score (nSPS) is 12.1. The molecule has 0 saturated heterocycles. The zero-order chi connectivity index (χ0) is 16.2. The smallest absolute Gasteiger partial charge is 0.326 e. The number of amides is 1. The van der Waals surface area contributed by atoms with Crippen LogP contribution in [0.2, 0.25) is 0 Å².